The molecule has 1 aliphatic heterocycles. The summed E-state index contributed by atoms with van der Waals surface area (Å²) >= 11 is 5.99. The van der Waals surface area contributed by atoms with E-state index >= 15 is 0 Å². The van der Waals surface area contributed by atoms with Crippen LogP contribution < -0.4 is 5.32 Å². The molecular formula is C21H21ClN2O3. The Labute approximate surface area is 163 Å². The Balaban J connectivity index is 1.53. The van der Waals surface area contributed by atoms with Crippen molar-refractivity contribution < 1.29 is 14.4 Å². The van der Waals surface area contributed by atoms with Crippen molar-refractivity contribution in [3.05, 3.63) is 70.2 Å². The number of carbonyl (C=O) groups excluding carboxylic acids is 3. The topological polar surface area (TPSA) is 66.5 Å². The molecular weight excluding hydrogens is 364 g/mol. The molecule has 2 aromatic carbocycles. The lowest BCUT2D eigenvalue weighted by Gasteiger charge is -2.17. The summed E-state index contributed by atoms with van der Waals surface area (Å²) in [5, 5.41) is 3.59. The molecule has 1 saturated heterocycles. The van der Waals surface area contributed by atoms with Crippen LogP contribution in [0.3, 0.4) is 0 Å². The van der Waals surface area contributed by atoms with Gasteiger partial charge in [0.25, 0.3) is 5.91 Å². The van der Waals surface area contributed by atoms with Crippen molar-refractivity contribution in [2.75, 3.05) is 13.1 Å². The number of rotatable bonds is 6. The normalized spacial score (nSPS) is 16.4. The molecule has 2 aromatic rings. The van der Waals surface area contributed by atoms with Gasteiger partial charge in [0.1, 0.15) is 0 Å². The Hall–Kier alpha value is -2.66. The molecule has 1 N–H and O–H groups in total. The highest BCUT2D eigenvalue weighted by molar-refractivity contribution is 6.30. The molecule has 0 radical (unpaired) electrons. The van der Waals surface area contributed by atoms with Gasteiger partial charge in [-0.25, -0.2) is 0 Å². The molecule has 1 unspecified atom stereocenters. The van der Waals surface area contributed by atoms with E-state index in [4.69, 9.17) is 11.6 Å². The van der Waals surface area contributed by atoms with Crippen LogP contribution in [0.5, 0.6) is 0 Å². The minimum absolute atomic E-state index is 0.0363. The van der Waals surface area contributed by atoms with Gasteiger partial charge in [0.15, 0.2) is 5.78 Å². The van der Waals surface area contributed by atoms with Crippen LogP contribution in [0.25, 0.3) is 0 Å². The lowest BCUT2D eigenvalue weighted by molar-refractivity contribution is -0.127. The van der Waals surface area contributed by atoms with Gasteiger partial charge in [0, 0.05) is 35.7 Å². The van der Waals surface area contributed by atoms with Crippen molar-refractivity contribution in [1.82, 2.24) is 10.2 Å². The summed E-state index contributed by atoms with van der Waals surface area (Å²) in [6.07, 6.45) is 1.02. The fraction of sp³-hybridized carbons (Fsp3) is 0.286. The Bertz CT molecular complexity index is 864. The van der Waals surface area contributed by atoms with Crippen molar-refractivity contribution in [2.45, 2.75) is 25.8 Å². The minimum atomic E-state index is -0.236. The maximum atomic E-state index is 12.4. The smallest absolute Gasteiger partial charge is 0.251 e. The van der Waals surface area contributed by atoms with Gasteiger partial charge in [-0.05, 0) is 43.2 Å². The quantitative estimate of drug-likeness (QED) is 0.778. The molecule has 1 fully saturated rings. The van der Waals surface area contributed by atoms with E-state index in [1.165, 1.54) is 6.92 Å². The van der Waals surface area contributed by atoms with Crippen LogP contribution in [0.15, 0.2) is 48.5 Å². The Morgan fingerprint density at radius 3 is 2.52 bits per heavy atom. The fourth-order valence-corrected chi connectivity index (χ4v) is 3.38. The molecule has 6 heteroatoms. The van der Waals surface area contributed by atoms with Gasteiger partial charge in [0.2, 0.25) is 5.91 Å². The van der Waals surface area contributed by atoms with Crippen molar-refractivity contribution in [3.8, 4) is 0 Å². The van der Waals surface area contributed by atoms with E-state index in [-0.39, 0.29) is 23.6 Å². The molecule has 140 valence electrons. The number of benzene rings is 2. The highest BCUT2D eigenvalue weighted by Gasteiger charge is 2.30. The molecule has 2 amide bonds. The van der Waals surface area contributed by atoms with Gasteiger partial charge in [-0.2, -0.15) is 0 Å². The van der Waals surface area contributed by atoms with Gasteiger partial charge in [-0.1, -0.05) is 35.9 Å². The second-order valence-corrected chi connectivity index (χ2v) is 7.16. The predicted molar refractivity (Wildman–Crippen MR) is 104 cm³/mol. The molecule has 0 aromatic heterocycles. The summed E-state index contributed by atoms with van der Waals surface area (Å²) in [7, 11) is 0. The Morgan fingerprint density at radius 2 is 1.85 bits per heavy atom. The standard InChI is InChI=1S/C21H21ClN2O3/c1-14(25)16-5-7-17(8-6-16)21(27)23-19-12-20(26)24(13-19)10-9-15-3-2-4-18(22)11-15/h2-8,11,19H,9-10,12-13H2,1H3,(H,23,27). The van der Waals surface area contributed by atoms with Crippen molar-refractivity contribution in [2.24, 2.45) is 0 Å². The van der Waals surface area contributed by atoms with E-state index < -0.39 is 0 Å². The van der Waals surface area contributed by atoms with Crippen LogP contribution in [0.1, 0.15) is 39.6 Å². The second kappa shape index (κ2) is 8.35. The molecule has 1 aliphatic rings. The number of carbonyl (C=O) groups is 3. The first-order valence-electron chi connectivity index (χ1n) is 8.86. The van der Waals surface area contributed by atoms with Gasteiger partial charge in [0.05, 0.1) is 6.04 Å². The van der Waals surface area contributed by atoms with E-state index in [0.29, 0.717) is 35.7 Å². The van der Waals surface area contributed by atoms with E-state index in [0.717, 1.165) is 12.0 Å². The molecule has 3 rings (SSSR count). The van der Waals surface area contributed by atoms with Crippen LogP contribution in [0, 0.1) is 0 Å². The highest BCUT2D eigenvalue weighted by Crippen LogP contribution is 2.15. The number of amides is 2. The monoisotopic (exact) mass is 384 g/mol. The first kappa shape index (κ1) is 19.1. The molecule has 0 saturated carbocycles. The zero-order valence-corrected chi connectivity index (χ0v) is 15.8. The summed E-state index contributed by atoms with van der Waals surface area (Å²) in [4.78, 5) is 37.7. The van der Waals surface area contributed by atoms with Gasteiger partial charge in [-0.3, -0.25) is 14.4 Å². The van der Waals surface area contributed by atoms with Crippen LogP contribution in [-0.2, 0) is 11.2 Å². The maximum absolute atomic E-state index is 12.4. The number of likely N-dealkylation sites (tertiary alicyclic amines) is 1. The summed E-state index contributed by atoms with van der Waals surface area (Å²) in [5.74, 6) is -0.243. The summed E-state index contributed by atoms with van der Waals surface area (Å²) in [6, 6.07) is 13.9. The van der Waals surface area contributed by atoms with Crippen molar-refractivity contribution in [3.63, 3.8) is 0 Å². The molecule has 27 heavy (non-hydrogen) atoms. The summed E-state index contributed by atoms with van der Waals surface area (Å²) < 4.78 is 0. The number of hydrogen-bond donors (Lipinski definition) is 1. The van der Waals surface area contributed by atoms with Crippen LogP contribution in [0.2, 0.25) is 5.02 Å². The Kier molecular flexibility index (Phi) is 5.91. The third kappa shape index (κ3) is 4.95. The highest BCUT2D eigenvalue weighted by atomic mass is 35.5. The number of halogens is 1. The third-order valence-corrected chi connectivity index (χ3v) is 4.90. The van der Waals surface area contributed by atoms with E-state index in [1.807, 2.05) is 24.3 Å². The van der Waals surface area contributed by atoms with Gasteiger partial charge < -0.3 is 10.2 Å². The van der Waals surface area contributed by atoms with Crippen LogP contribution in [0.4, 0.5) is 0 Å². The first-order valence-corrected chi connectivity index (χ1v) is 9.24. The van der Waals surface area contributed by atoms with E-state index in [2.05, 4.69) is 5.32 Å². The van der Waals surface area contributed by atoms with Gasteiger partial charge in [-0.15, -0.1) is 0 Å². The number of nitrogens with one attached hydrogen (secondary N) is 1. The van der Waals surface area contributed by atoms with Crippen LogP contribution in [-0.4, -0.2) is 41.6 Å². The van der Waals surface area contributed by atoms with E-state index in [9.17, 15) is 14.4 Å². The van der Waals surface area contributed by atoms with Crippen LogP contribution >= 0.6 is 11.6 Å². The number of ketones is 1. The zero-order valence-electron chi connectivity index (χ0n) is 15.1. The SMILES string of the molecule is CC(=O)c1ccc(C(=O)NC2CC(=O)N(CCc3cccc(Cl)c3)C2)cc1. The molecule has 5 nitrogen and oxygen atoms in total. The predicted octanol–water partition coefficient (Wildman–Crippen LogP) is 3.12. The largest absolute Gasteiger partial charge is 0.347 e. The lowest BCUT2D eigenvalue weighted by Crippen LogP contribution is -2.37. The second-order valence-electron chi connectivity index (χ2n) is 6.73. The molecule has 1 atom stereocenters. The van der Waals surface area contributed by atoms with Gasteiger partial charge >= 0.3 is 0 Å². The zero-order chi connectivity index (χ0) is 19.4. The average Bonchev–Trinajstić information content (AvgIpc) is 2.99. The molecule has 1 heterocycles. The molecule has 0 aliphatic carbocycles. The minimum Gasteiger partial charge on any atom is -0.347 e. The first-order chi connectivity index (χ1) is 12.9. The lowest BCUT2D eigenvalue weighted by atomic mass is 10.1. The average molecular weight is 385 g/mol. The fourth-order valence-electron chi connectivity index (χ4n) is 3.17. The number of nitrogens with zero attached hydrogens (tertiary/aromatic N) is 1. The van der Waals surface area contributed by atoms with Crippen molar-refractivity contribution in [1.29, 1.82) is 0 Å². The van der Waals surface area contributed by atoms with E-state index in [1.54, 1.807) is 29.2 Å². The third-order valence-electron chi connectivity index (χ3n) is 4.66. The summed E-state index contributed by atoms with van der Waals surface area (Å²) in [5.41, 5.74) is 2.12. The van der Waals surface area contributed by atoms with Crippen molar-refractivity contribution >= 4 is 29.2 Å². The Morgan fingerprint density at radius 1 is 1.15 bits per heavy atom. The number of hydrogen-bond acceptors (Lipinski definition) is 3. The maximum Gasteiger partial charge on any atom is 0.251 e. The number of Topliss-reactive ketones (excluding diaryl/α,β-unsaturated/α-hetero) is 1. The molecule has 0 bridgehead atoms. The molecule has 0 spiro atoms. The summed E-state index contributed by atoms with van der Waals surface area (Å²) in [6.45, 7) is 2.58.